The van der Waals surface area contributed by atoms with Crippen LogP contribution in [-0.4, -0.2) is 44.1 Å². The van der Waals surface area contributed by atoms with Gasteiger partial charge in [-0.2, -0.15) is 0 Å². The number of nitrogens with zero attached hydrogens (tertiary/aromatic N) is 2. The van der Waals surface area contributed by atoms with E-state index in [4.69, 9.17) is 10.5 Å². The quantitative estimate of drug-likeness (QED) is 0.481. The first-order chi connectivity index (χ1) is 16.8. The van der Waals surface area contributed by atoms with Crippen molar-refractivity contribution in [2.45, 2.75) is 50.2 Å². The van der Waals surface area contributed by atoms with Gasteiger partial charge in [-0.25, -0.2) is 18.2 Å². The molecule has 2 amide bonds. The summed E-state index contributed by atoms with van der Waals surface area (Å²) in [6.45, 7) is 3.04. The number of sulfonamides is 1. The van der Waals surface area contributed by atoms with Gasteiger partial charge < -0.3 is 15.4 Å². The fraction of sp³-hybridized carbons (Fsp3) is 0.346. The van der Waals surface area contributed by atoms with Gasteiger partial charge in [0.25, 0.3) is 10.0 Å². The molecule has 1 saturated heterocycles. The normalized spacial score (nSPS) is 16.3. The molecule has 3 N–H and O–H groups in total. The minimum Gasteiger partial charge on any atom is -0.497 e. The lowest BCUT2D eigenvalue weighted by atomic mass is 10.0. The Bertz CT molecular complexity index is 1310. The van der Waals surface area contributed by atoms with E-state index in [9.17, 15) is 13.2 Å². The molecule has 35 heavy (non-hydrogen) atoms. The molecule has 0 radical (unpaired) electrons. The highest BCUT2D eigenvalue weighted by Gasteiger charge is 2.30. The summed E-state index contributed by atoms with van der Waals surface area (Å²) in [5.41, 5.74) is 7.48. The Kier molecular flexibility index (Phi) is 7.59. The monoisotopic (exact) mass is 496 g/mol. The third-order valence-corrected chi connectivity index (χ3v) is 7.74. The maximum atomic E-state index is 13.5. The average molecular weight is 497 g/mol. The van der Waals surface area contributed by atoms with E-state index < -0.39 is 10.0 Å². The second-order valence-corrected chi connectivity index (χ2v) is 10.6. The first-order valence-electron chi connectivity index (χ1n) is 11.8. The van der Waals surface area contributed by atoms with E-state index >= 15 is 0 Å². The van der Waals surface area contributed by atoms with Gasteiger partial charge >= 0.3 is 6.03 Å². The van der Waals surface area contributed by atoms with Gasteiger partial charge in [0.15, 0.2) is 0 Å². The molecule has 9 heteroatoms. The van der Waals surface area contributed by atoms with Crippen LogP contribution in [0.15, 0.2) is 65.6 Å². The Balaban J connectivity index is 1.65. The topological polar surface area (TPSA) is 105 Å². The fourth-order valence-corrected chi connectivity index (χ4v) is 5.48. The van der Waals surface area contributed by atoms with Gasteiger partial charge in [0.1, 0.15) is 5.75 Å². The molecule has 1 atom stereocenters. The summed E-state index contributed by atoms with van der Waals surface area (Å²) in [6.07, 6.45) is 2.84. The summed E-state index contributed by atoms with van der Waals surface area (Å²) in [4.78, 5) is 17.9. The molecule has 1 aliphatic heterocycles. The number of ether oxygens (including phenoxy) is 1. The maximum Gasteiger partial charge on any atom is 0.335 e. The van der Waals surface area contributed by atoms with Gasteiger partial charge in [0, 0.05) is 19.1 Å². The number of urea groups is 1. The Morgan fingerprint density at radius 1 is 1.09 bits per heavy atom. The van der Waals surface area contributed by atoms with Crippen molar-refractivity contribution in [3.05, 3.63) is 71.8 Å². The molecule has 1 heterocycles. The lowest BCUT2D eigenvalue weighted by Gasteiger charge is -2.37. The van der Waals surface area contributed by atoms with Crippen LogP contribution in [0.4, 0.5) is 4.79 Å². The van der Waals surface area contributed by atoms with E-state index in [0.717, 1.165) is 41.2 Å². The Labute approximate surface area is 206 Å². The summed E-state index contributed by atoms with van der Waals surface area (Å²) in [5, 5.41) is 2.81. The zero-order valence-electron chi connectivity index (χ0n) is 20.1. The van der Waals surface area contributed by atoms with Crippen molar-refractivity contribution < 1.29 is 17.9 Å². The van der Waals surface area contributed by atoms with Crippen LogP contribution >= 0.6 is 0 Å². The van der Waals surface area contributed by atoms with Crippen molar-refractivity contribution in [2.24, 2.45) is 5.73 Å². The van der Waals surface area contributed by atoms with E-state index in [1.54, 1.807) is 30.2 Å². The van der Waals surface area contributed by atoms with Gasteiger partial charge in [-0.3, -0.25) is 0 Å². The van der Waals surface area contributed by atoms with E-state index in [2.05, 4.69) is 4.83 Å². The molecule has 3 aromatic rings. The van der Waals surface area contributed by atoms with E-state index in [1.165, 1.54) is 11.1 Å². The molecule has 1 unspecified atom stereocenters. The number of nitrogens with one attached hydrogen (secondary N) is 1. The summed E-state index contributed by atoms with van der Waals surface area (Å²) in [5.74, 6) is 0.693. The smallest absolute Gasteiger partial charge is 0.335 e. The first-order valence-corrected chi connectivity index (χ1v) is 13.3. The van der Waals surface area contributed by atoms with Gasteiger partial charge in [-0.05, 0) is 72.4 Å². The standard InChI is InChI=1S/C26H32N4O4S/c1-19-6-3-4-13-29(19)26(31)30(18-21-8-5-7-20(14-21)17-27)28-35(32,33)25-12-10-22-15-24(34-2)11-9-23(22)16-25/h5,7-12,14-16,19,28H,3-4,6,13,17-18,27H2,1-2H3. The average Bonchev–Trinajstić information content (AvgIpc) is 2.87. The summed E-state index contributed by atoms with van der Waals surface area (Å²) in [7, 11) is -2.45. The van der Waals surface area contributed by atoms with Crippen molar-refractivity contribution in [1.82, 2.24) is 14.7 Å². The fourth-order valence-electron chi connectivity index (χ4n) is 4.41. The molecule has 0 aliphatic carbocycles. The molecular formula is C26H32N4O4S. The number of fused-ring (bicyclic) bond motifs is 1. The molecular weight excluding hydrogens is 464 g/mol. The van der Waals surface area contributed by atoms with Crippen molar-refractivity contribution in [1.29, 1.82) is 0 Å². The van der Waals surface area contributed by atoms with Crippen LogP contribution in [0.2, 0.25) is 0 Å². The number of carbonyl (C=O) groups excluding carboxylic acids is 1. The summed E-state index contributed by atoms with van der Waals surface area (Å²) < 4.78 is 32.1. The number of piperidine rings is 1. The zero-order chi connectivity index (χ0) is 25.0. The second kappa shape index (κ2) is 10.6. The number of hydrogen-bond donors (Lipinski definition) is 2. The SMILES string of the molecule is COc1ccc2cc(S(=O)(=O)NN(Cc3cccc(CN)c3)C(=O)N3CCCCC3C)ccc2c1. The third-order valence-electron chi connectivity index (χ3n) is 6.41. The van der Waals surface area contributed by atoms with Crippen LogP contribution in [0.3, 0.4) is 0 Å². The van der Waals surface area contributed by atoms with Crippen LogP contribution in [0.1, 0.15) is 37.3 Å². The molecule has 186 valence electrons. The van der Waals surface area contributed by atoms with Crippen molar-refractivity contribution in [3.8, 4) is 5.75 Å². The molecule has 8 nitrogen and oxygen atoms in total. The molecule has 0 aromatic heterocycles. The molecule has 4 rings (SSSR count). The van der Waals surface area contributed by atoms with Crippen LogP contribution in [-0.2, 0) is 23.1 Å². The van der Waals surface area contributed by atoms with Crippen LogP contribution in [0.25, 0.3) is 10.8 Å². The lowest BCUT2D eigenvalue weighted by molar-refractivity contribution is 0.111. The number of methoxy groups -OCH3 is 1. The highest BCUT2D eigenvalue weighted by Crippen LogP contribution is 2.25. The number of hydrazine groups is 1. The largest absolute Gasteiger partial charge is 0.497 e. The number of hydrogen-bond acceptors (Lipinski definition) is 5. The first kappa shape index (κ1) is 25.0. The van der Waals surface area contributed by atoms with Gasteiger partial charge in [0.2, 0.25) is 0 Å². The van der Waals surface area contributed by atoms with Gasteiger partial charge in [-0.15, -0.1) is 4.83 Å². The van der Waals surface area contributed by atoms with E-state index in [-0.39, 0.29) is 23.5 Å². The van der Waals surface area contributed by atoms with Crippen molar-refractivity contribution in [3.63, 3.8) is 0 Å². The highest BCUT2D eigenvalue weighted by atomic mass is 32.2. The molecule has 3 aromatic carbocycles. The van der Waals surface area contributed by atoms with Crippen LogP contribution < -0.4 is 15.3 Å². The number of rotatable bonds is 7. The molecule has 1 fully saturated rings. The maximum absolute atomic E-state index is 13.5. The minimum atomic E-state index is -4.03. The number of likely N-dealkylation sites (tertiary alicyclic amines) is 1. The summed E-state index contributed by atoms with van der Waals surface area (Å²) >= 11 is 0. The Morgan fingerprint density at radius 2 is 1.83 bits per heavy atom. The van der Waals surface area contributed by atoms with Crippen molar-refractivity contribution >= 4 is 26.8 Å². The second-order valence-electron chi connectivity index (χ2n) is 8.90. The lowest BCUT2D eigenvalue weighted by Crippen LogP contribution is -2.54. The minimum absolute atomic E-state index is 0.0364. The van der Waals surface area contributed by atoms with Gasteiger partial charge in [0.05, 0.1) is 18.6 Å². The van der Waals surface area contributed by atoms with Crippen LogP contribution in [0.5, 0.6) is 5.75 Å². The predicted molar refractivity (Wildman–Crippen MR) is 136 cm³/mol. The highest BCUT2D eigenvalue weighted by molar-refractivity contribution is 7.89. The van der Waals surface area contributed by atoms with Crippen molar-refractivity contribution in [2.75, 3.05) is 13.7 Å². The molecule has 0 bridgehead atoms. The number of benzene rings is 3. The number of carbonyl (C=O) groups is 1. The Morgan fingerprint density at radius 3 is 2.57 bits per heavy atom. The zero-order valence-corrected chi connectivity index (χ0v) is 20.9. The molecule has 0 spiro atoms. The van der Waals surface area contributed by atoms with Gasteiger partial charge in [-0.1, -0.05) is 36.4 Å². The van der Waals surface area contributed by atoms with E-state index in [1.807, 2.05) is 43.3 Å². The number of nitrogens with two attached hydrogens (primary N) is 1. The molecule has 1 aliphatic rings. The summed E-state index contributed by atoms with van der Waals surface area (Å²) in [6, 6.07) is 17.5. The molecule has 0 saturated carbocycles. The number of amides is 2. The van der Waals surface area contributed by atoms with E-state index in [0.29, 0.717) is 18.8 Å². The Hall–Kier alpha value is -3.14. The third kappa shape index (κ3) is 5.75. The predicted octanol–water partition coefficient (Wildman–Crippen LogP) is 4.00. The van der Waals surface area contributed by atoms with Crippen LogP contribution in [0, 0.1) is 0 Å².